The first-order valence-corrected chi connectivity index (χ1v) is 8.12. The molecule has 0 N–H and O–H groups in total. The molecule has 1 heterocycles. The van der Waals surface area contributed by atoms with Gasteiger partial charge in [-0.3, -0.25) is 4.79 Å². The Morgan fingerprint density at radius 1 is 1.00 bits per heavy atom. The Bertz CT molecular complexity index is 630. The van der Waals surface area contributed by atoms with Gasteiger partial charge in [0.15, 0.2) is 11.6 Å². The molecule has 0 aromatic heterocycles. The van der Waals surface area contributed by atoms with Crippen LogP contribution in [0.5, 0.6) is 0 Å². The smallest absolute Gasteiger partial charge is 0.178 e. The van der Waals surface area contributed by atoms with E-state index in [0.29, 0.717) is 25.2 Å². The fourth-order valence-corrected chi connectivity index (χ4v) is 3.10. The van der Waals surface area contributed by atoms with Gasteiger partial charge in [-0.2, -0.15) is 0 Å². The third-order valence-corrected chi connectivity index (χ3v) is 4.49. The lowest BCUT2D eigenvalue weighted by molar-refractivity contribution is -0.184. The van der Waals surface area contributed by atoms with Gasteiger partial charge >= 0.3 is 0 Å². The Hall–Kier alpha value is -1.97. The summed E-state index contributed by atoms with van der Waals surface area (Å²) in [4.78, 5) is 12.8. The predicted octanol–water partition coefficient (Wildman–Crippen LogP) is 3.88. The van der Waals surface area contributed by atoms with Gasteiger partial charge in [-0.15, -0.1) is 0 Å². The monoisotopic (exact) mass is 310 g/mol. The second-order valence-electron chi connectivity index (χ2n) is 5.95. The average molecular weight is 310 g/mol. The molecule has 1 saturated heterocycles. The van der Waals surface area contributed by atoms with Crippen molar-refractivity contribution in [2.75, 3.05) is 13.2 Å². The third-order valence-electron chi connectivity index (χ3n) is 4.49. The van der Waals surface area contributed by atoms with Gasteiger partial charge in [0, 0.05) is 12.0 Å². The van der Waals surface area contributed by atoms with Gasteiger partial charge in [-0.1, -0.05) is 60.7 Å². The molecule has 1 fully saturated rings. The van der Waals surface area contributed by atoms with Crippen molar-refractivity contribution in [1.29, 1.82) is 0 Å². The number of ether oxygens (including phenoxy) is 2. The second kappa shape index (κ2) is 7.07. The Labute approximate surface area is 137 Å². The Morgan fingerprint density at radius 2 is 1.57 bits per heavy atom. The molecule has 0 amide bonds. The van der Waals surface area contributed by atoms with Crippen molar-refractivity contribution >= 4 is 5.78 Å². The summed E-state index contributed by atoms with van der Waals surface area (Å²) in [5.41, 5.74) is 1.93. The molecule has 1 aliphatic heterocycles. The SMILES string of the molecule is CC(C(=O)c1ccccc1)C1(CCc2ccccc2)OCCO1. The van der Waals surface area contributed by atoms with E-state index in [2.05, 4.69) is 12.1 Å². The first-order valence-electron chi connectivity index (χ1n) is 8.12. The van der Waals surface area contributed by atoms with Gasteiger partial charge in [0.05, 0.1) is 19.1 Å². The molecular formula is C20H22O3. The van der Waals surface area contributed by atoms with E-state index in [1.54, 1.807) is 0 Å². The van der Waals surface area contributed by atoms with E-state index in [9.17, 15) is 4.79 Å². The fourth-order valence-electron chi connectivity index (χ4n) is 3.10. The zero-order valence-electron chi connectivity index (χ0n) is 13.4. The normalized spacial score (nSPS) is 17.8. The maximum absolute atomic E-state index is 12.8. The fraction of sp³-hybridized carbons (Fsp3) is 0.350. The van der Waals surface area contributed by atoms with Crippen molar-refractivity contribution in [3.63, 3.8) is 0 Å². The highest BCUT2D eigenvalue weighted by atomic mass is 16.7. The molecule has 1 atom stereocenters. The molecular weight excluding hydrogens is 288 g/mol. The number of hydrogen-bond donors (Lipinski definition) is 0. The van der Waals surface area contributed by atoms with Crippen LogP contribution in [0.4, 0.5) is 0 Å². The molecule has 120 valence electrons. The molecule has 2 aromatic rings. The number of hydrogen-bond acceptors (Lipinski definition) is 3. The van der Waals surface area contributed by atoms with Crippen LogP contribution in [-0.4, -0.2) is 24.8 Å². The molecule has 0 spiro atoms. The molecule has 3 nitrogen and oxygen atoms in total. The minimum absolute atomic E-state index is 0.0700. The molecule has 1 unspecified atom stereocenters. The van der Waals surface area contributed by atoms with Crippen molar-refractivity contribution in [3.8, 4) is 0 Å². The number of carbonyl (C=O) groups is 1. The van der Waals surface area contributed by atoms with Gasteiger partial charge in [0.25, 0.3) is 0 Å². The molecule has 0 radical (unpaired) electrons. The van der Waals surface area contributed by atoms with E-state index < -0.39 is 5.79 Å². The summed E-state index contributed by atoms with van der Waals surface area (Å²) in [5.74, 6) is -1.08. The number of carbonyl (C=O) groups excluding carboxylic acids is 1. The van der Waals surface area contributed by atoms with E-state index in [-0.39, 0.29) is 11.7 Å². The Balaban J connectivity index is 1.76. The van der Waals surface area contributed by atoms with Crippen LogP contribution < -0.4 is 0 Å². The molecule has 0 saturated carbocycles. The number of Topliss-reactive ketones (excluding diaryl/α,β-unsaturated/α-hetero) is 1. The van der Waals surface area contributed by atoms with Crippen LogP contribution in [0.15, 0.2) is 60.7 Å². The van der Waals surface area contributed by atoms with Gasteiger partial charge in [-0.25, -0.2) is 0 Å². The molecule has 3 rings (SSSR count). The maximum Gasteiger partial charge on any atom is 0.178 e. The van der Waals surface area contributed by atoms with Gasteiger partial charge in [0.2, 0.25) is 0 Å². The highest BCUT2D eigenvalue weighted by Gasteiger charge is 2.45. The lowest BCUT2D eigenvalue weighted by Crippen LogP contribution is -2.42. The summed E-state index contributed by atoms with van der Waals surface area (Å²) in [6, 6.07) is 19.6. The van der Waals surface area contributed by atoms with E-state index in [1.165, 1.54) is 5.56 Å². The average Bonchev–Trinajstić information content (AvgIpc) is 3.10. The van der Waals surface area contributed by atoms with Crippen molar-refractivity contribution in [3.05, 3.63) is 71.8 Å². The summed E-state index contributed by atoms with van der Waals surface area (Å²) in [6.07, 6.45) is 1.50. The minimum Gasteiger partial charge on any atom is -0.347 e. The minimum atomic E-state index is -0.817. The van der Waals surface area contributed by atoms with Crippen molar-refractivity contribution in [1.82, 2.24) is 0 Å². The first kappa shape index (κ1) is 15.9. The summed E-state index contributed by atoms with van der Waals surface area (Å²) in [7, 11) is 0. The van der Waals surface area contributed by atoms with Crippen molar-refractivity contribution < 1.29 is 14.3 Å². The largest absolute Gasteiger partial charge is 0.347 e. The molecule has 23 heavy (non-hydrogen) atoms. The molecule has 0 bridgehead atoms. The van der Waals surface area contributed by atoms with E-state index in [0.717, 1.165) is 6.42 Å². The van der Waals surface area contributed by atoms with Crippen LogP contribution >= 0.6 is 0 Å². The van der Waals surface area contributed by atoms with Crippen molar-refractivity contribution in [2.45, 2.75) is 25.6 Å². The molecule has 1 aliphatic rings. The zero-order chi connectivity index (χ0) is 16.1. The summed E-state index contributed by atoms with van der Waals surface area (Å²) >= 11 is 0. The number of ketones is 1. The van der Waals surface area contributed by atoms with Crippen LogP contribution in [0.3, 0.4) is 0 Å². The van der Waals surface area contributed by atoms with Crippen LogP contribution in [-0.2, 0) is 15.9 Å². The highest BCUT2D eigenvalue weighted by molar-refractivity contribution is 5.98. The zero-order valence-corrected chi connectivity index (χ0v) is 13.4. The van der Waals surface area contributed by atoms with Crippen molar-refractivity contribution in [2.24, 2.45) is 5.92 Å². The van der Waals surface area contributed by atoms with E-state index in [1.807, 2.05) is 55.5 Å². The molecule has 3 heteroatoms. The number of rotatable bonds is 6. The van der Waals surface area contributed by atoms with E-state index >= 15 is 0 Å². The lowest BCUT2D eigenvalue weighted by atomic mass is 9.87. The van der Waals surface area contributed by atoms with Gasteiger partial charge < -0.3 is 9.47 Å². The first-order chi connectivity index (χ1) is 11.2. The highest BCUT2D eigenvalue weighted by Crippen LogP contribution is 2.35. The predicted molar refractivity (Wildman–Crippen MR) is 89.3 cm³/mol. The van der Waals surface area contributed by atoms with Crippen LogP contribution in [0.2, 0.25) is 0 Å². The summed E-state index contributed by atoms with van der Waals surface area (Å²) in [6.45, 7) is 2.99. The maximum atomic E-state index is 12.8. The Kier molecular flexibility index (Phi) is 4.89. The lowest BCUT2D eigenvalue weighted by Gasteiger charge is -2.32. The van der Waals surface area contributed by atoms with Crippen LogP contribution in [0.1, 0.15) is 29.3 Å². The molecule has 0 aliphatic carbocycles. The van der Waals surface area contributed by atoms with Gasteiger partial charge in [-0.05, 0) is 18.9 Å². The quantitative estimate of drug-likeness (QED) is 0.760. The number of benzene rings is 2. The topological polar surface area (TPSA) is 35.5 Å². The summed E-state index contributed by atoms with van der Waals surface area (Å²) in [5, 5.41) is 0. The Morgan fingerprint density at radius 3 is 2.17 bits per heavy atom. The van der Waals surface area contributed by atoms with Crippen LogP contribution in [0.25, 0.3) is 0 Å². The molecule has 2 aromatic carbocycles. The van der Waals surface area contributed by atoms with E-state index in [4.69, 9.17) is 9.47 Å². The number of aryl methyl sites for hydroxylation is 1. The third kappa shape index (κ3) is 3.52. The summed E-state index contributed by atoms with van der Waals surface area (Å²) < 4.78 is 11.8. The van der Waals surface area contributed by atoms with Crippen LogP contribution in [0, 0.1) is 5.92 Å². The van der Waals surface area contributed by atoms with Gasteiger partial charge in [0.1, 0.15) is 0 Å². The standard InChI is InChI=1S/C20H22O3/c1-16(19(21)18-10-6-3-7-11-18)20(22-14-15-23-20)13-12-17-8-4-2-5-9-17/h2-11,16H,12-15H2,1H3. The second-order valence-corrected chi connectivity index (χ2v) is 5.95.